The van der Waals surface area contributed by atoms with Gasteiger partial charge in [0.2, 0.25) is 5.91 Å². The van der Waals surface area contributed by atoms with Crippen LogP contribution in [0.15, 0.2) is 61.1 Å². The van der Waals surface area contributed by atoms with Crippen molar-refractivity contribution in [2.24, 2.45) is 5.92 Å². The van der Waals surface area contributed by atoms with E-state index < -0.39 is 24.0 Å². The van der Waals surface area contributed by atoms with Crippen molar-refractivity contribution in [1.82, 2.24) is 20.6 Å². The fraction of sp³-hybridized carbons (Fsp3) is 0.308. The number of carbonyl (C=O) groups is 3. The van der Waals surface area contributed by atoms with Crippen molar-refractivity contribution in [3.05, 3.63) is 77.9 Å². The number of benzene rings is 2. The standard InChI is InChI=1S/C26H26N4O5/c31-24(29-16-9-15(10-16)25(32)33)23(11-17-12-27-14-28-17)30-26(34)35-13-22-20-7-3-1-5-18(20)19-6-2-4-8-21(19)22/h1-8,12,14-16,22-23H,9-11,13H2,(H,27,28)(H,29,31)(H,30,34)(H,32,33). The van der Waals surface area contributed by atoms with Gasteiger partial charge in [0.05, 0.1) is 12.2 Å². The maximum atomic E-state index is 12.9. The van der Waals surface area contributed by atoms with Gasteiger partial charge in [-0.25, -0.2) is 9.78 Å². The first-order chi connectivity index (χ1) is 17.0. The molecule has 0 aliphatic heterocycles. The molecule has 1 saturated carbocycles. The molecular weight excluding hydrogens is 448 g/mol. The lowest BCUT2D eigenvalue weighted by atomic mass is 9.80. The van der Waals surface area contributed by atoms with Crippen LogP contribution in [0.2, 0.25) is 0 Å². The number of carboxylic acids is 1. The van der Waals surface area contributed by atoms with Gasteiger partial charge in [-0.1, -0.05) is 48.5 Å². The highest BCUT2D eigenvalue weighted by atomic mass is 16.5. The molecule has 2 amide bonds. The zero-order valence-electron chi connectivity index (χ0n) is 18.9. The number of H-pyrrole nitrogens is 1. The van der Waals surface area contributed by atoms with Crippen molar-refractivity contribution in [2.75, 3.05) is 6.61 Å². The number of rotatable bonds is 8. The minimum Gasteiger partial charge on any atom is -0.481 e. The monoisotopic (exact) mass is 474 g/mol. The van der Waals surface area contributed by atoms with Gasteiger partial charge >= 0.3 is 12.1 Å². The Bertz CT molecular complexity index is 1190. The average molecular weight is 475 g/mol. The Morgan fingerprint density at radius 2 is 1.71 bits per heavy atom. The number of imidazole rings is 1. The summed E-state index contributed by atoms with van der Waals surface area (Å²) in [6.45, 7) is 0.140. The smallest absolute Gasteiger partial charge is 0.407 e. The Morgan fingerprint density at radius 1 is 1.06 bits per heavy atom. The predicted octanol–water partition coefficient (Wildman–Crippen LogP) is 2.84. The van der Waals surface area contributed by atoms with Crippen LogP contribution < -0.4 is 10.6 Å². The molecule has 4 N–H and O–H groups in total. The molecule has 9 heteroatoms. The van der Waals surface area contributed by atoms with E-state index in [2.05, 4.69) is 32.7 Å². The molecule has 5 rings (SSSR count). The number of aromatic nitrogens is 2. The number of carboxylic acid groups (broad SMARTS) is 1. The van der Waals surface area contributed by atoms with Crippen LogP contribution in [-0.2, 0) is 20.7 Å². The number of aliphatic carboxylic acids is 1. The van der Waals surface area contributed by atoms with E-state index >= 15 is 0 Å². The van der Waals surface area contributed by atoms with Crippen molar-refractivity contribution < 1.29 is 24.2 Å². The molecule has 1 unspecified atom stereocenters. The second-order valence-corrected chi connectivity index (χ2v) is 9.02. The van der Waals surface area contributed by atoms with Crippen molar-refractivity contribution in [3.63, 3.8) is 0 Å². The summed E-state index contributed by atoms with van der Waals surface area (Å²) in [5.41, 5.74) is 5.15. The van der Waals surface area contributed by atoms with Gasteiger partial charge in [0.15, 0.2) is 0 Å². The summed E-state index contributed by atoms with van der Waals surface area (Å²) in [6.07, 6.45) is 3.35. The van der Waals surface area contributed by atoms with Crippen LogP contribution in [-0.4, -0.2) is 51.7 Å². The van der Waals surface area contributed by atoms with E-state index in [1.165, 1.54) is 6.33 Å². The molecule has 35 heavy (non-hydrogen) atoms. The number of carbonyl (C=O) groups excluding carboxylic acids is 2. The molecular formula is C26H26N4O5. The lowest BCUT2D eigenvalue weighted by molar-refractivity contribution is -0.146. The highest BCUT2D eigenvalue weighted by Crippen LogP contribution is 2.44. The molecule has 2 aliphatic carbocycles. The van der Waals surface area contributed by atoms with Crippen LogP contribution in [0.25, 0.3) is 11.1 Å². The van der Waals surface area contributed by atoms with E-state index in [1.807, 2.05) is 36.4 Å². The number of fused-ring (bicyclic) bond motifs is 3. The fourth-order valence-electron chi connectivity index (χ4n) is 4.85. The second-order valence-electron chi connectivity index (χ2n) is 9.02. The average Bonchev–Trinajstić information content (AvgIpc) is 3.45. The Labute approximate surface area is 201 Å². The highest BCUT2D eigenvalue weighted by Gasteiger charge is 2.37. The summed E-state index contributed by atoms with van der Waals surface area (Å²) in [6, 6.07) is 15.0. The maximum absolute atomic E-state index is 12.9. The minimum atomic E-state index is -0.894. The molecule has 0 radical (unpaired) electrons. The molecule has 1 fully saturated rings. The van der Waals surface area contributed by atoms with Crippen LogP contribution in [0.1, 0.15) is 35.6 Å². The SMILES string of the molecule is O=C(NC(Cc1cnc[nH]1)C(=O)NC1CC(C(=O)O)C1)OCC1c2ccccc2-c2ccccc21. The van der Waals surface area contributed by atoms with Crippen molar-refractivity contribution in [3.8, 4) is 11.1 Å². The normalized spacial score (nSPS) is 19.1. The quantitative estimate of drug-likeness (QED) is 0.397. The maximum Gasteiger partial charge on any atom is 0.407 e. The van der Waals surface area contributed by atoms with Crippen LogP contribution >= 0.6 is 0 Å². The molecule has 1 atom stereocenters. The van der Waals surface area contributed by atoms with Crippen molar-refractivity contribution in [1.29, 1.82) is 0 Å². The van der Waals surface area contributed by atoms with Crippen LogP contribution in [0.3, 0.4) is 0 Å². The van der Waals surface area contributed by atoms with E-state index in [0.29, 0.717) is 18.5 Å². The van der Waals surface area contributed by atoms with E-state index in [0.717, 1.165) is 22.3 Å². The van der Waals surface area contributed by atoms with Gasteiger partial charge in [0, 0.05) is 30.3 Å². The first-order valence-corrected chi connectivity index (χ1v) is 11.6. The first-order valence-electron chi connectivity index (χ1n) is 11.6. The lowest BCUT2D eigenvalue weighted by Crippen LogP contribution is -2.54. The van der Waals surface area contributed by atoms with Crippen molar-refractivity contribution in [2.45, 2.75) is 37.3 Å². The molecule has 3 aromatic rings. The van der Waals surface area contributed by atoms with Crippen LogP contribution in [0.4, 0.5) is 4.79 Å². The third-order valence-electron chi connectivity index (χ3n) is 6.76. The third kappa shape index (κ3) is 4.75. The van der Waals surface area contributed by atoms with Gasteiger partial charge < -0.3 is 25.5 Å². The van der Waals surface area contributed by atoms with Gasteiger partial charge in [0.25, 0.3) is 0 Å². The highest BCUT2D eigenvalue weighted by molar-refractivity contribution is 5.86. The van der Waals surface area contributed by atoms with Gasteiger partial charge in [-0.15, -0.1) is 0 Å². The molecule has 2 aromatic carbocycles. The molecule has 1 aromatic heterocycles. The number of hydrogen-bond acceptors (Lipinski definition) is 5. The van der Waals surface area contributed by atoms with Gasteiger partial charge in [-0.2, -0.15) is 0 Å². The van der Waals surface area contributed by atoms with Crippen LogP contribution in [0.5, 0.6) is 0 Å². The summed E-state index contributed by atoms with van der Waals surface area (Å²) in [5.74, 6) is -1.78. The zero-order valence-corrected chi connectivity index (χ0v) is 18.9. The second kappa shape index (κ2) is 9.61. The number of nitrogens with zero attached hydrogens (tertiary/aromatic N) is 1. The molecule has 0 saturated heterocycles. The molecule has 180 valence electrons. The van der Waals surface area contributed by atoms with E-state index in [1.54, 1.807) is 6.20 Å². The number of ether oxygens (including phenoxy) is 1. The summed E-state index contributed by atoms with van der Waals surface area (Å²) in [4.78, 5) is 43.6. The van der Waals surface area contributed by atoms with E-state index in [9.17, 15) is 14.4 Å². The number of alkyl carbamates (subject to hydrolysis) is 1. The summed E-state index contributed by atoms with van der Waals surface area (Å²) >= 11 is 0. The molecule has 0 bridgehead atoms. The van der Waals surface area contributed by atoms with Crippen LogP contribution in [0, 0.1) is 5.92 Å². The predicted molar refractivity (Wildman–Crippen MR) is 127 cm³/mol. The number of aromatic amines is 1. The zero-order chi connectivity index (χ0) is 24.4. The number of amides is 2. The number of nitrogens with one attached hydrogen (secondary N) is 3. The van der Waals surface area contributed by atoms with Gasteiger partial charge in [-0.05, 0) is 35.1 Å². The molecule has 2 aliphatic rings. The lowest BCUT2D eigenvalue weighted by Gasteiger charge is -2.34. The Kier molecular flexibility index (Phi) is 6.22. The van der Waals surface area contributed by atoms with Gasteiger partial charge in [-0.3, -0.25) is 9.59 Å². The molecule has 0 spiro atoms. The Balaban J connectivity index is 1.23. The van der Waals surface area contributed by atoms with Gasteiger partial charge in [0.1, 0.15) is 12.6 Å². The summed E-state index contributed by atoms with van der Waals surface area (Å²) in [5, 5.41) is 14.6. The largest absolute Gasteiger partial charge is 0.481 e. The van der Waals surface area contributed by atoms with Crippen molar-refractivity contribution >= 4 is 18.0 Å². The Morgan fingerprint density at radius 3 is 2.31 bits per heavy atom. The first kappa shape index (κ1) is 22.6. The molecule has 9 nitrogen and oxygen atoms in total. The third-order valence-corrected chi connectivity index (χ3v) is 6.76. The topological polar surface area (TPSA) is 133 Å². The Hall–Kier alpha value is -4.14. The van der Waals surface area contributed by atoms with E-state index in [-0.39, 0.29) is 30.9 Å². The summed E-state index contributed by atoms with van der Waals surface area (Å²) < 4.78 is 5.60. The number of hydrogen-bond donors (Lipinski definition) is 4. The fourth-order valence-corrected chi connectivity index (χ4v) is 4.85. The summed E-state index contributed by atoms with van der Waals surface area (Å²) in [7, 11) is 0. The minimum absolute atomic E-state index is 0.0871. The van der Waals surface area contributed by atoms with E-state index in [4.69, 9.17) is 9.84 Å². The molecule has 1 heterocycles.